The minimum Gasteiger partial charge on any atom is -0.477 e. The third-order valence-electron chi connectivity index (χ3n) is 10.9. The van der Waals surface area contributed by atoms with E-state index in [0.29, 0.717) is 103 Å². The molecule has 332 valence electrons. The molecule has 1 fully saturated rings. The predicted octanol–water partition coefficient (Wildman–Crippen LogP) is 5.21. The van der Waals surface area contributed by atoms with Crippen molar-refractivity contribution in [3.8, 4) is 11.8 Å². The van der Waals surface area contributed by atoms with Crippen LogP contribution >= 0.6 is 0 Å². The average molecular weight is 867 g/mol. The van der Waals surface area contributed by atoms with Crippen LogP contribution in [0.5, 0.6) is 0 Å². The van der Waals surface area contributed by atoms with Crippen LogP contribution in [-0.2, 0) is 36.8 Å². The van der Waals surface area contributed by atoms with Gasteiger partial charge in [0.15, 0.2) is 0 Å². The molecule has 0 saturated carbocycles. The number of amides is 2. The number of carboxylic acids is 1. The van der Waals surface area contributed by atoms with Gasteiger partial charge in [-0.3, -0.25) is 24.4 Å². The molecule has 2 N–H and O–H groups in total. The Morgan fingerprint density at radius 3 is 2.02 bits per heavy atom. The van der Waals surface area contributed by atoms with Crippen LogP contribution in [0.25, 0.3) is 0 Å². The number of ether oxygens (including phenoxy) is 4. The van der Waals surface area contributed by atoms with E-state index in [0.717, 1.165) is 33.6 Å². The topological polar surface area (TPSA) is 156 Å². The van der Waals surface area contributed by atoms with Gasteiger partial charge in [-0.2, -0.15) is 0 Å². The molecule has 4 heterocycles. The van der Waals surface area contributed by atoms with E-state index in [1.54, 1.807) is 29.3 Å². The largest absolute Gasteiger partial charge is 0.477 e. The van der Waals surface area contributed by atoms with Crippen LogP contribution in [0.3, 0.4) is 0 Å². The lowest BCUT2D eigenvalue weighted by Gasteiger charge is -2.32. The van der Waals surface area contributed by atoms with E-state index in [2.05, 4.69) is 31.9 Å². The molecule has 14 heteroatoms. The first-order valence-electron chi connectivity index (χ1n) is 21.7. The maximum Gasteiger partial charge on any atom is 0.354 e. The zero-order valence-corrected chi connectivity index (χ0v) is 35.9. The van der Waals surface area contributed by atoms with Crippen molar-refractivity contribution < 1.29 is 38.4 Å². The van der Waals surface area contributed by atoms with Crippen molar-refractivity contribution in [2.24, 2.45) is 0 Å². The molecule has 7 rings (SSSR count). The zero-order chi connectivity index (χ0) is 44.4. The van der Waals surface area contributed by atoms with E-state index in [4.69, 9.17) is 23.9 Å². The number of pyridine rings is 2. The third kappa shape index (κ3) is 13.1. The Morgan fingerprint density at radius 1 is 0.688 bits per heavy atom. The number of carboxylic acid groups (broad SMARTS) is 1. The molecule has 1 atom stereocenters. The summed E-state index contributed by atoms with van der Waals surface area (Å²) in [7, 11) is 0. The van der Waals surface area contributed by atoms with Crippen molar-refractivity contribution in [1.29, 1.82) is 0 Å². The smallest absolute Gasteiger partial charge is 0.354 e. The average Bonchev–Trinajstić information content (AvgIpc) is 3.31. The van der Waals surface area contributed by atoms with Crippen LogP contribution in [0.1, 0.15) is 67.0 Å². The SMILES string of the molecule is O=C(NCCC(=O)N1Cc2ccccc2C#Cc2ccccc21)c1ccc(C(c2ccccn2)N2CCOCCOCCN(Cc3cccc(C(=O)O)n3)CCOCCOCC2)cc1. The standard InChI is InChI=1S/C50H54N6O8/c57-47(56-36-42-10-2-1-8-38(42)15-16-39-9-3-4-14-46(39)56)21-23-52-49(58)41-19-17-40(18-20-41)48(44-12-5-6-22-51-44)55-26-30-63-34-32-61-28-24-54(25-29-62-33-35-64-31-27-55)37-43-11-7-13-45(53-43)50(59)60/h1-14,17-20,22,48H,21,23-37H2,(H,52,58)(H,59,60). The number of carbonyl (C=O) groups excluding carboxylic acids is 2. The first-order valence-corrected chi connectivity index (χ1v) is 21.7. The number of hydrogen-bond donors (Lipinski definition) is 2. The summed E-state index contributed by atoms with van der Waals surface area (Å²) >= 11 is 0. The summed E-state index contributed by atoms with van der Waals surface area (Å²) < 4.78 is 24.0. The quantitative estimate of drug-likeness (QED) is 0.177. The highest BCUT2D eigenvalue weighted by atomic mass is 16.5. The van der Waals surface area contributed by atoms with E-state index in [-0.39, 0.29) is 36.5 Å². The number of nitrogens with zero attached hydrogens (tertiary/aromatic N) is 5. The Kier molecular flexibility index (Phi) is 17.1. The van der Waals surface area contributed by atoms with Gasteiger partial charge in [-0.15, -0.1) is 0 Å². The molecule has 64 heavy (non-hydrogen) atoms. The lowest BCUT2D eigenvalue weighted by molar-refractivity contribution is -0.118. The van der Waals surface area contributed by atoms with Crippen LogP contribution in [-0.4, -0.2) is 128 Å². The molecule has 0 spiro atoms. The number of rotatable bonds is 10. The van der Waals surface area contributed by atoms with E-state index in [9.17, 15) is 19.5 Å². The second kappa shape index (κ2) is 23.9. The minimum absolute atomic E-state index is 0.0145. The van der Waals surface area contributed by atoms with Crippen molar-refractivity contribution in [3.05, 3.63) is 160 Å². The summed E-state index contributed by atoms with van der Waals surface area (Å²) in [6.07, 6.45) is 1.90. The first-order chi connectivity index (χ1) is 31.4. The van der Waals surface area contributed by atoms with E-state index in [1.807, 2.05) is 84.9 Å². The molecule has 3 aromatic carbocycles. The molecule has 1 saturated heterocycles. The first kappa shape index (κ1) is 45.7. The second-order valence-electron chi connectivity index (χ2n) is 15.3. The van der Waals surface area contributed by atoms with Gasteiger partial charge in [0.1, 0.15) is 5.69 Å². The number of para-hydroxylation sites is 1. The van der Waals surface area contributed by atoms with Gasteiger partial charge < -0.3 is 34.3 Å². The predicted molar refractivity (Wildman–Crippen MR) is 241 cm³/mol. The number of aromatic carboxylic acids is 1. The molecular formula is C50H54N6O8. The normalized spacial score (nSPS) is 16.5. The lowest BCUT2D eigenvalue weighted by Crippen LogP contribution is -2.36. The fraction of sp³-hybridized carbons (Fsp3) is 0.340. The summed E-state index contributed by atoms with van der Waals surface area (Å²) in [5.74, 6) is 5.04. The van der Waals surface area contributed by atoms with Gasteiger partial charge in [-0.1, -0.05) is 66.4 Å². The van der Waals surface area contributed by atoms with Crippen molar-refractivity contribution in [2.75, 3.05) is 90.5 Å². The van der Waals surface area contributed by atoms with Gasteiger partial charge in [0, 0.05) is 68.6 Å². The van der Waals surface area contributed by atoms with Crippen molar-refractivity contribution in [1.82, 2.24) is 25.1 Å². The van der Waals surface area contributed by atoms with Gasteiger partial charge in [0.25, 0.3) is 5.91 Å². The Bertz CT molecular complexity index is 2350. The van der Waals surface area contributed by atoms with Crippen LogP contribution in [0.4, 0.5) is 5.69 Å². The zero-order valence-electron chi connectivity index (χ0n) is 35.9. The molecule has 0 radical (unpaired) electrons. The maximum absolute atomic E-state index is 13.7. The number of fused-ring (bicyclic) bond motifs is 2. The van der Waals surface area contributed by atoms with Crippen molar-refractivity contribution in [2.45, 2.75) is 25.6 Å². The van der Waals surface area contributed by atoms with Crippen LogP contribution in [0.2, 0.25) is 0 Å². The van der Waals surface area contributed by atoms with Gasteiger partial charge in [0.05, 0.1) is 82.5 Å². The molecule has 5 aromatic rings. The van der Waals surface area contributed by atoms with Gasteiger partial charge >= 0.3 is 5.97 Å². The number of hydrogen-bond acceptors (Lipinski definition) is 11. The van der Waals surface area contributed by atoms with Gasteiger partial charge in [-0.05, 0) is 65.7 Å². The number of aromatic nitrogens is 2. The molecule has 14 nitrogen and oxygen atoms in total. The summed E-state index contributed by atoms with van der Waals surface area (Å²) in [6.45, 7) is 6.86. The molecule has 0 bridgehead atoms. The molecule has 2 aliphatic heterocycles. The van der Waals surface area contributed by atoms with E-state index in [1.165, 1.54) is 6.07 Å². The Labute approximate surface area is 374 Å². The van der Waals surface area contributed by atoms with Crippen molar-refractivity contribution in [3.63, 3.8) is 0 Å². The minimum atomic E-state index is -1.06. The number of nitrogens with one attached hydrogen (secondary N) is 1. The molecule has 0 aliphatic carbocycles. The van der Waals surface area contributed by atoms with Crippen molar-refractivity contribution >= 4 is 23.5 Å². The second-order valence-corrected chi connectivity index (χ2v) is 15.3. The number of anilines is 1. The Balaban J connectivity index is 0.950. The highest BCUT2D eigenvalue weighted by molar-refractivity contribution is 5.97. The maximum atomic E-state index is 13.7. The van der Waals surface area contributed by atoms with E-state index >= 15 is 0 Å². The van der Waals surface area contributed by atoms with Gasteiger partial charge in [-0.25, -0.2) is 9.78 Å². The summed E-state index contributed by atoms with van der Waals surface area (Å²) in [5, 5.41) is 12.3. The fourth-order valence-electron chi connectivity index (χ4n) is 7.60. The number of carbonyl (C=O) groups is 3. The summed E-state index contributed by atoms with van der Waals surface area (Å²) in [4.78, 5) is 53.8. The van der Waals surface area contributed by atoms with E-state index < -0.39 is 5.97 Å². The number of benzene rings is 3. The molecule has 1 unspecified atom stereocenters. The third-order valence-corrected chi connectivity index (χ3v) is 10.9. The highest BCUT2D eigenvalue weighted by Gasteiger charge is 2.25. The fourth-order valence-corrected chi connectivity index (χ4v) is 7.60. The molecule has 2 aliphatic rings. The molecule has 2 aromatic heterocycles. The summed E-state index contributed by atoms with van der Waals surface area (Å²) in [6, 6.07) is 33.6. The Morgan fingerprint density at radius 2 is 1.33 bits per heavy atom. The van der Waals surface area contributed by atoms with Crippen LogP contribution < -0.4 is 10.2 Å². The lowest BCUT2D eigenvalue weighted by atomic mass is 9.99. The molecular weight excluding hydrogens is 813 g/mol. The summed E-state index contributed by atoms with van der Waals surface area (Å²) in [5.41, 5.74) is 6.36. The monoisotopic (exact) mass is 866 g/mol. The van der Waals surface area contributed by atoms with Crippen LogP contribution in [0.15, 0.2) is 115 Å². The van der Waals surface area contributed by atoms with Crippen LogP contribution in [0, 0.1) is 11.8 Å². The van der Waals surface area contributed by atoms with Gasteiger partial charge in [0.2, 0.25) is 5.91 Å². The highest BCUT2D eigenvalue weighted by Crippen LogP contribution is 2.28. The molecule has 2 amide bonds. The Hall–Kier alpha value is -6.31.